The van der Waals surface area contributed by atoms with Gasteiger partial charge in [0.1, 0.15) is 17.3 Å². The summed E-state index contributed by atoms with van der Waals surface area (Å²) in [4.78, 5) is 7.16. The fraction of sp³-hybridized carbons (Fsp3) is 0.0714. The molecule has 0 aliphatic rings. The number of para-hydroxylation sites is 2. The Kier molecular flexibility index (Phi) is 2.97. The number of benzene rings is 2. The Morgan fingerprint density at radius 1 is 1.10 bits per heavy atom. The minimum atomic E-state index is -4.79. The van der Waals surface area contributed by atoms with Gasteiger partial charge in [-0.15, -0.1) is 13.2 Å². The molecule has 7 heteroatoms. The molecule has 3 aromatic rings. The number of aromatic hydroxyl groups is 1. The number of halogens is 3. The standard InChI is InChI=1S/C14H9F3N2O2/c15-14(16,17)21-8-5-6-12(20)9(7-8)13-18-10-3-1-2-4-11(10)19-13/h1-7,20H,(H,18,19). The van der Waals surface area contributed by atoms with Crippen molar-refractivity contribution in [3.63, 3.8) is 0 Å². The van der Waals surface area contributed by atoms with Gasteiger partial charge in [-0.05, 0) is 30.3 Å². The molecular weight excluding hydrogens is 285 g/mol. The molecule has 0 bridgehead atoms. The summed E-state index contributed by atoms with van der Waals surface area (Å²) >= 11 is 0. The van der Waals surface area contributed by atoms with Crippen molar-refractivity contribution in [2.45, 2.75) is 6.36 Å². The average Bonchev–Trinajstić information content (AvgIpc) is 2.83. The van der Waals surface area contributed by atoms with Gasteiger partial charge in [0.25, 0.3) is 0 Å². The second-order valence-corrected chi connectivity index (χ2v) is 4.33. The quantitative estimate of drug-likeness (QED) is 0.755. The van der Waals surface area contributed by atoms with E-state index in [0.29, 0.717) is 11.0 Å². The number of phenols is 1. The van der Waals surface area contributed by atoms with Crippen LogP contribution >= 0.6 is 0 Å². The number of hydrogen-bond acceptors (Lipinski definition) is 3. The van der Waals surface area contributed by atoms with E-state index in [1.54, 1.807) is 24.3 Å². The van der Waals surface area contributed by atoms with Gasteiger partial charge in [0.05, 0.1) is 16.6 Å². The lowest BCUT2D eigenvalue weighted by molar-refractivity contribution is -0.274. The van der Waals surface area contributed by atoms with Crippen molar-refractivity contribution in [1.29, 1.82) is 0 Å². The molecule has 3 rings (SSSR count). The molecule has 0 fully saturated rings. The highest BCUT2D eigenvalue weighted by Crippen LogP contribution is 2.33. The Labute approximate surface area is 116 Å². The van der Waals surface area contributed by atoms with E-state index in [0.717, 1.165) is 18.2 Å². The van der Waals surface area contributed by atoms with E-state index in [2.05, 4.69) is 14.7 Å². The summed E-state index contributed by atoms with van der Waals surface area (Å²) in [7, 11) is 0. The Morgan fingerprint density at radius 2 is 1.86 bits per heavy atom. The maximum Gasteiger partial charge on any atom is 0.573 e. The molecule has 1 aromatic heterocycles. The van der Waals surface area contributed by atoms with Crippen molar-refractivity contribution >= 4 is 11.0 Å². The molecule has 2 N–H and O–H groups in total. The SMILES string of the molecule is Oc1ccc(OC(F)(F)F)cc1-c1nc2ccccc2[nH]1. The topological polar surface area (TPSA) is 58.1 Å². The second kappa shape index (κ2) is 4.69. The number of rotatable bonds is 2. The number of alkyl halides is 3. The van der Waals surface area contributed by atoms with Gasteiger partial charge in [-0.3, -0.25) is 0 Å². The second-order valence-electron chi connectivity index (χ2n) is 4.33. The highest BCUT2D eigenvalue weighted by Gasteiger charge is 2.31. The normalized spacial score (nSPS) is 11.8. The maximum atomic E-state index is 12.2. The van der Waals surface area contributed by atoms with Crippen LogP contribution in [0.4, 0.5) is 13.2 Å². The number of aromatic nitrogens is 2. The first kappa shape index (κ1) is 13.3. The molecule has 0 aliphatic carbocycles. The zero-order valence-corrected chi connectivity index (χ0v) is 10.5. The van der Waals surface area contributed by atoms with Crippen molar-refractivity contribution < 1.29 is 23.0 Å². The Bertz CT molecular complexity index is 763. The molecule has 4 nitrogen and oxygen atoms in total. The van der Waals surface area contributed by atoms with E-state index >= 15 is 0 Å². The first-order valence-corrected chi connectivity index (χ1v) is 5.96. The number of hydrogen-bond donors (Lipinski definition) is 2. The molecule has 1 heterocycles. The van der Waals surface area contributed by atoms with Crippen molar-refractivity contribution in [3.05, 3.63) is 42.5 Å². The van der Waals surface area contributed by atoms with Gasteiger partial charge < -0.3 is 14.8 Å². The minimum absolute atomic E-state index is 0.132. The molecule has 0 saturated heterocycles. The minimum Gasteiger partial charge on any atom is -0.507 e. The molecule has 0 amide bonds. The summed E-state index contributed by atoms with van der Waals surface area (Å²) in [5, 5.41) is 9.82. The zero-order chi connectivity index (χ0) is 15.0. The Hall–Kier alpha value is -2.70. The first-order valence-electron chi connectivity index (χ1n) is 5.96. The van der Waals surface area contributed by atoms with Crippen LogP contribution in [-0.2, 0) is 0 Å². The molecule has 108 valence electrons. The van der Waals surface area contributed by atoms with Gasteiger partial charge in [0.2, 0.25) is 0 Å². The van der Waals surface area contributed by atoms with Crippen molar-refractivity contribution in [2.75, 3.05) is 0 Å². The molecule has 0 saturated carbocycles. The fourth-order valence-corrected chi connectivity index (χ4v) is 1.98. The van der Waals surface area contributed by atoms with E-state index in [9.17, 15) is 18.3 Å². The molecule has 0 unspecified atom stereocenters. The lowest BCUT2D eigenvalue weighted by atomic mass is 10.2. The summed E-state index contributed by atoms with van der Waals surface area (Å²) in [5.74, 6) is -0.347. The number of nitrogens with one attached hydrogen (secondary N) is 1. The summed E-state index contributed by atoms with van der Waals surface area (Å²) in [6, 6.07) is 10.4. The van der Waals surface area contributed by atoms with Crippen LogP contribution in [0, 0.1) is 0 Å². The van der Waals surface area contributed by atoms with Crippen LogP contribution < -0.4 is 4.74 Å². The Balaban J connectivity index is 2.06. The van der Waals surface area contributed by atoms with E-state index in [1.807, 2.05) is 0 Å². The lowest BCUT2D eigenvalue weighted by Gasteiger charge is -2.10. The van der Waals surface area contributed by atoms with Gasteiger partial charge >= 0.3 is 6.36 Å². The molecule has 0 aliphatic heterocycles. The maximum absolute atomic E-state index is 12.2. The summed E-state index contributed by atoms with van der Waals surface area (Å²) in [6.45, 7) is 0. The average molecular weight is 294 g/mol. The van der Waals surface area contributed by atoms with Crippen LogP contribution in [0.2, 0.25) is 0 Å². The van der Waals surface area contributed by atoms with E-state index in [4.69, 9.17) is 0 Å². The fourth-order valence-electron chi connectivity index (χ4n) is 1.98. The monoisotopic (exact) mass is 294 g/mol. The van der Waals surface area contributed by atoms with Crippen molar-refractivity contribution in [3.8, 4) is 22.9 Å². The van der Waals surface area contributed by atoms with Crippen molar-refractivity contribution in [1.82, 2.24) is 9.97 Å². The highest BCUT2D eigenvalue weighted by molar-refractivity contribution is 5.80. The molecule has 2 aromatic carbocycles. The van der Waals surface area contributed by atoms with Gasteiger partial charge in [-0.25, -0.2) is 4.98 Å². The largest absolute Gasteiger partial charge is 0.573 e. The number of nitrogens with zero attached hydrogens (tertiary/aromatic N) is 1. The molecule has 0 spiro atoms. The van der Waals surface area contributed by atoms with E-state index in [-0.39, 0.29) is 17.1 Å². The smallest absolute Gasteiger partial charge is 0.507 e. The van der Waals surface area contributed by atoms with Crippen molar-refractivity contribution in [2.24, 2.45) is 0 Å². The number of phenolic OH excluding ortho intramolecular Hbond substituents is 1. The van der Waals surface area contributed by atoms with Gasteiger partial charge in [0.15, 0.2) is 0 Å². The number of H-pyrrole nitrogens is 1. The predicted octanol–water partition coefficient (Wildman–Crippen LogP) is 3.83. The third kappa shape index (κ3) is 2.76. The van der Waals surface area contributed by atoms with E-state index < -0.39 is 12.1 Å². The van der Waals surface area contributed by atoms with Gasteiger partial charge in [-0.1, -0.05) is 12.1 Å². The third-order valence-corrected chi connectivity index (χ3v) is 2.85. The van der Waals surface area contributed by atoms with Crippen LogP contribution in [0.5, 0.6) is 11.5 Å². The van der Waals surface area contributed by atoms with Crippen LogP contribution in [0.3, 0.4) is 0 Å². The number of imidazole rings is 1. The summed E-state index contributed by atoms with van der Waals surface area (Å²) in [6.07, 6.45) is -4.79. The Morgan fingerprint density at radius 3 is 2.57 bits per heavy atom. The van der Waals surface area contributed by atoms with E-state index in [1.165, 1.54) is 0 Å². The van der Waals surface area contributed by atoms with Crippen LogP contribution in [0.1, 0.15) is 0 Å². The zero-order valence-electron chi connectivity index (χ0n) is 10.5. The highest BCUT2D eigenvalue weighted by atomic mass is 19.4. The summed E-state index contributed by atoms with van der Waals surface area (Å²) < 4.78 is 40.5. The lowest BCUT2D eigenvalue weighted by Crippen LogP contribution is -2.17. The number of ether oxygens (including phenoxy) is 1. The van der Waals surface area contributed by atoms with Crippen LogP contribution in [0.15, 0.2) is 42.5 Å². The number of fused-ring (bicyclic) bond motifs is 1. The van der Waals surface area contributed by atoms with Crippen LogP contribution in [0.25, 0.3) is 22.4 Å². The molecule has 0 atom stereocenters. The third-order valence-electron chi connectivity index (χ3n) is 2.85. The predicted molar refractivity (Wildman–Crippen MR) is 69.9 cm³/mol. The molecule has 21 heavy (non-hydrogen) atoms. The molecule has 0 radical (unpaired) electrons. The molecular formula is C14H9F3N2O2. The van der Waals surface area contributed by atoms with Gasteiger partial charge in [0, 0.05) is 0 Å². The first-order chi connectivity index (χ1) is 9.92. The van der Waals surface area contributed by atoms with Crippen LogP contribution in [-0.4, -0.2) is 21.4 Å². The summed E-state index contributed by atoms with van der Waals surface area (Å²) in [5.41, 5.74) is 1.50. The van der Waals surface area contributed by atoms with Gasteiger partial charge in [-0.2, -0.15) is 0 Å². The number of aromatic amines is 1.